The number of nitrogens with zero attached hydrogens (tertiary/aromatic N) is 5. The van der Waals surface area contributed by atoms with Crippen LogP contribution in [0.4, 0.5) is 5.69 Å². The highest BCUT2D eigenvalue weighted by Gasteiger charge is 2.26. The van der Waals surface area contributed by atoms with E-state index in [-0.39, 0.29) is 19.1 Å². The van der Waals surface area contributed by atoms with Crippen molar-refractivity contribution >= 4 is 29.8 Å². The van der Waals surface area contributed by atoms with Gasteiger partial charge in [-0.25, -0.2) is 10.1 Å². The highest BCUT2D eigenvalue weighted by molar-refractivity contribution is 6.02. The van der Waals surface area contributed by atoms with Gasteiger partial charge in [-0.15, -0.1) is 5.10 Å². The van der Waals surface area contributed by atoms with Gasteiger partial charge < -0.3 is 4.74 Å². The predicted molar refractivity (Wildman–Crippen MR) is 116 cm³/mol. The SMILES string of the molecule is O=C(CN1C(=O)COc2ccccc21)N/N=C\C=C\c1cn(Cc2ccccc2)nn1. The number of amides is 2. The van der Waals surface area contributed by atoms with Crippen LogP contribution in [0.2, 0.25) is 0 Å². The molecule has 0 fully saturated rings. The van der Waals surface area contributed by atoms with Gasteiger partial charge in [0.05, 0.1) is 18.4 Å². The molecule has 0 saturated carbocycles. The number of para-hydroxylation sites is 2. The monoisotopic (exact) mass is 416 g/mol. The Labute approximate surface area is 178 Å². The number of nitrogens with one attached hydrogen (secondary N) is 1. The molecular formula is C22H20N6O3. The van der Waals surface area contributed by atoms with E-state index >= 15 is 0 Å². The Morgan fingerprint density at radius 1 is 1.16 bits per heavy atom. The largest absolute Gasteiger partial charge is 0.482 e. The molecule has 2 heterocycles. The lowest BCUT2D eigenvalue weighted by molar-refractivity contribution is -0.125. The van der Waals surface area contributed by atoms with E-state index in [1.807, 2.05) is 42.6 Å². The summed E-state index contributed by atoms with van der Waals surface area (Å²) in [5.41, 5.74) is 4.78. The van der Waals surface area contributed by atoms with Crippen molar-refractivity contribution in [2.75, 3.05) is 18.1 Å². The van der Waals surface area contributed by atoms with Crippen LogP contribution in [-0.2, 0) is 16.1 Å². The van der Waals surface area contributed by atoms with Crippen LogP contribution >= 0.6 is 0 Å². The summed E-state index contributed by atoms with van der Waals surface area (Å²) < 4.78 is 7.10. The molecule has 0 aliphatic carbocycles. The van der Waals surface area contributed by atoms with Crippen LogP contribution in [0.3, 0.4) is 0 Å². The molecule has 4 rings (SSSR count). The second-order valence-electron chi connectivity index (χ2n) is 6.74. The molecular weight excluding hydrogens is 396 g/mol. The number of anilines is 1. The molecule has 9 heteroatoms. The van der Waals surface area contributed by atoms with Crippen molar-refractivity contribution in [1.82, 2.24) is 20.4 Å². The normalized spacial score (nSPS) is 13.4. The number of hydrogen-bond acceptors (Lipinski definition) is 6. The standard InChI is InChI=1S/C22H20N6O3/c29-21(15-28-19-10-4-5-11-20(19)31-16-22(28)30)25-23-12-6-9-18-14-27(26-24-18)13-17-7-2-1-3-8-17/h1-12,14H,13,15-16H2,(H,25,29)/b9-6+,23-12-. The fourth-order valence-corrected chi connectivity index (χ4v) is 3.04. The van der Waals surface area contributed by atoms with E-state index < -0.39 is 5.91 Å². The Kier molecular flexibility index (Phi) is 6.13. The lowest BCUT2D eigenvalue weighted by Crippen LogP contribution is -2.44. The minimum Gasteiger partial charge on any atom is -0.482 e. The number of carbonyl (C=O) groups excluding carboxylic acids is 2. The molecule has 1 aromatic heterocycles. The predicted octanol–water partition coefficient (Wildman–Crippen LogP) is 1.87. The summed E-state index contributed by atoms with van der Waals surface area (Å²) in [4.78, 5) is 25.6. The van der Waals surface area contributed by atoms with Crippen LogP contribution in [0.25, 0.3) is 6.08 Å². The molecule has 0 spiro atoms. The van der Waals surface area contributed by atoms with Gasteiger partial charge in [-0.05, 0) is 29.8 Å². The number of allylic oxidation sites excluding steroid dienone is 1. The first-order valence-electron chi connectivity index (χ1n) is 9.64. The number of ether oxygens (including phenoxy) is 1. The van der Waals surface area contributed by atoms with E-state index in [0.29, 0.717) is 23.7 Å². The Bertz CT molecular complexity index is 1120. The first-order chi connectivity index (χ1) is 15.2. The van der Waals surface area contributed by atoms with Crippen LogP contribution in [0.5, 0.6) is 5.75 Å². The molecule has 0 radical (unpaired) electrons. The number of benzene rings is 2. The van der Waals surface area contributed by atoms with Gasteiger partial charge in [0.1, 0.15) is 18.0 Å². The Balaban J connectivity index is 1.27. The molecule has 0 atom stereocenters. The van der Waals surface area contributed by atoms with Gasteiger partial charge in [-0.3, -0.25) is 14.5 Å². The molecule has 156 valence electrons. The molecule has 1 aliphatic heterocycles. The third-order valence-electron chi connectivity index (χ3n) is 4.47. The summed E-state index contributed by atoms with van der Waals surface area (Å²) in [6.07, 6.45) is 6.62. The fraction of sp³-hybridized carbons (Fsp3) is 0.136. The summed E-state index contributed by atoms with van der Waals surface area (Å²) in [5, 5.41) is 12.0. The van der Waals surface area contributed by atoms with Gasteiger partial charge >= 0.3 is 0 Å². The lowest BCUT2D eigenvalue weighted by Gasteiger charge is -2.28. The number of hydrogen-bond donors (Lipinski definition) is 1. The summed E-state index contributed by atoms with van der Waals surface area (Å²) >= 11 is 0. The van der Waals surface area contributed by atoms with Gasteiger partial charge in [0, 0.05) is 6.21 Å². The molecule has 9 nitrogen and oxygen atoms in total. The zero-order chi connectivity index (χ0) is 21.5. The van der Waals surface area contributed by atoms with Crippen molar-refractivity contribution in [2.45, 2.75) is 6.54 Å². The molecule has 2 amide bonds. The summed E-state index contributed by atoms with van der Waals surface area (Å²) in [6.45, 7) is 0.393. The topological polar surface area (TPSA) is 102 Å². The zero-order valence-corrected chi connectivity index (χ0v) is 16.6. The van der Waals surface area contributed by atoms with E-state index in [4.69, 9.17) is 4.74 Å². The van der Waals surface area contributed by atoms with Crippen molar-refractivity contribution in [2.24, 2.45) is 5.10 Å². The Morgan fingerprint density at radius 2 is 1.97 bits per heavy atom. The van der Waals surface area contributed by atoms with Crippen LogP contribution in [0.15, 0.2) is 72.0 Å². The van der Waals surface area contributed by atoms with Gasteiger partial charge in [0.15, 0.2) is 6.61 Å². The summed E-state index contributed by atoms with van der Waals surface area (Å²) in [5.74, 6) is -0.124. The highest BCUT2D eigenvalue weighted by Crippen LogP contribution is 2.31. The Hall–Kier alpha value is -4.27. The molecule has 3 aromatic rings. The number of rotatable bonds is 7. The third kappa shape index (κ3) is 5.21. The van der Waals surface area contributed by atoms with Gasteiger partial charge in [0.2, 0.25) is 0 Å². The zero-order valence-electron chi connectivity index (χ0n) is 16.6. The summed E-state index contributed by atoms with van der Waals surface area (Å²) in [6, 6.07) is 17.0. The van der Waals surface area contributed by atoms with Crippen molar-refractivity contribution in [3.63, 3.8) is 0 Å². The van der Waals surface area contributed by atoms with Crippen molar-refractivity contribution in [3.05, 3.63) is 78.1 Å². The molecule has 1 N–H and O–H groups in total. The average Bonchev–Trinajstić information content (AvgIpc) is 3.23. The molecule has 31 heavy (non-hydrogen) atoms. The van der Waals surface area contributed by atoms with E-state index in [2.05, 4.69) is 20.8 Å². The number of hydrazone groups is 1. The number of aromatic nitrogens is 3. The highest BCUT2D eigenvalue weighted by atomic mass is 16.5. The lowest BCUT2D eigenvalue weighted by atomic mass is 10.2. The molecule has 1 aliphatic rings. The van der Waals surface area contributed by atoms with Crippen LogP contribution < -0.4 is 15.1 Å². The van der Waals surface area contributed by atoms with Crippen molar-refractivity contribution in [1.29, 1.82) is 0 Å². The van der Waals surface area contributed by atoms with Gasteiger partial charge in [-0.2, -0.15) is 5.10 Å². The van der Waals surface area contributed by atoms with Crippen LogP contribution in [-0.4, -0.2) is 46.2 Å². The van der Waals surface area contributed by atoms with Gasteiger partial charge in [0.25, 0.3) is 11.8 Å². The second-order valence-corrected chi connectivity index (χ2v) is 6.74. The molecule has 0 saturated heterocycles. The quantitative estimate of drug-likeness (QED) is 0.468. The van der Waals surface area contributed by atoms with Crippen molar-refractivity contribution in [3.8, 4) is 5.75 Å². The smallest absolute Gasteiger partial charge is 0.265 e. The maximum atomic E-state index is 12.2. The molecule has 0 unspecified atom stereocenters. The molecule has 0 bridgehead atoms. The number of fused-ring (bicyclic) bond motifs is 1. The van der Waals surface area contributed by atoms with Crippen LogP contribution in [0, 0.1) is 0 Å². The minimum absolute atomic E-state index is 0.0960. The fourth-order valence-electron chi connectivity index (χ4n) is 3.04. The first kappa shape index (κ1) is 20.0. The van der Waals surface area contributed by atoms with E-state index in [1.165, 1.54) is 11.1 Å². The van der Waals surface area contributed by atoms with E-state index in [9.17, 15) is 9.59 Å². The van der Waals surface area contributed by atoms with E-state index in [0.717, 1.165) is 5.56 Å². The average molecular weight is 416 g/mol. The van der Waals surface area contributed by atoms with Gasteiger partial charge in [-0.1, -0.05) is 47.7 Å². The van der Waals surface area contributed by atoms with Crippen molar-refractivity contribution < 1.29 is 14.3 Å². The molecule has 2 aromatic carbocycles. The Morgan fingerprint density at radius 3 is 2.84 bits per heavy atom. The third-order valence-corrected chi connectivity index (χ3v) is 4.47. The maximum absolute atomic E-state index is 12.2. The maximum Gasteiger partial charge on any atom is 0.265 e. The summed E-state index contributed by atoms with van der Waals surface area (Å²) in [7, 11) is 0. The van der Waals surface area contributed by atoms with Crippen LogP contribution in [0.1, 0.15) is 11.3 Å². The minimum atomic E-state index is -0.413. The van der Waals surface area contributed by atoms with E-state index in [1.54, 1.807) is 35.0 Å². The second kappa shape index (κ2) is 9.49. The number of carbonyl (C=O) groups is 2. The first-order valence-corrected chi connectivity index (χ1v) is 9.64.